The van der Waals surface area contributed by atoms with Crippen LogP contribution in [0.4, 0.5) is 0 Å². The van der Waals surface area contributed by atoms with E-state index in [1.165, 1.54) is 5.56 Å². The average Bonchev–Trinajstić information content (AvgIpc) is 2.85. The fraction of sp³-hybridized carbons (Fsp3) is 0.118. The van der Waals surface area contributed by atoms with Gasteiger partial charge in [-0.2, -0.15) is 5.26 Å². The van der Waals surface area contributed by atoms with Gasteiger partial charge >= 0.3 is 0 Å². The van der Waals surface area contributed by atoms with Crippen LogP contribution in [-0.2, 0) is 6.42 Å². The number of nitriles is 1. The third kappa shape index (κ3) is 1.90. The maximum Gasteiger partial charge on any atom is 0.212 e. The van der Waals surface area contributed by atoms with E-state index in [0.29, 0.717) is 5.76 Å². The second-order valence-electron chi connectivity index (χ2n) is 4.47. The lowest BCUT2D eigenvalue weighted by molar-refractivity contribution is 0.600. The predicted molar refractivity (Wildman–Crippen MR) is 75.7 cm³/mol. The van der Waals surface area contributed by atoms with Crippen molar-refractivity contribution in [1.82, 2.24) is 0 Å². The molecule has 0 aliphatic carbocycles. The Morgan fingerprint density at radius 3 is 2.58 bits per heavy atom. The van der Waals surface area contributed by atoms with Gasteiger partial charge in [-0.05, 0) is 29.7 Å². The number of benzene rings is 2. The molecule has 19 heavy (non-hydrogen) atoms. The van der Waals surface area contributed by atoms with Crippen molar-refractivity contribution < 1.29 is 4.42 Å². The molecule has 0 N–H and O–H groups in total. The van der Waals surface area contributed by atoms with Crippen molar-refractivity contribution in [3.63, 3.8) is 0 Å². The highest BCUT2D eigenvalue weighted by molar-refractivity contribution is 5.97. The topological polar surface area (TPSA) is 36.9 Å². The number of rotatable bonds is 2. The van der Waals surface area contributed by atoms with E-state index in [9.17, 15) is 5.26 Å². The van der Waals surface area contributed by atoms with Crippen molar-refractivity contribution in [2.24, 2.45) is 0 Å². The third-order valence-electron chi connectivity index (χ3n) is 3.32. The number of hydrogen-bond acceptors (Lipinski definition) is 2. The largest absolute Gasteiger partial charge is 0.445 e. The third-order valence-corrected chi connectivity index (χ3v) is 3.32. The molecule has 0 spiro atoms. The van der Waals surface area contributed by atoms with E-state index in [1.54, 1.807) is 0 Å². The molecule has 2 heteroatoms. The van der Waals surface area contributed by atoms with E-state index in [2.05, 4.69) is 19.1 Å². The summed E-state index contributed by atoms with van der Waals surface area (Å²) in [6, 6.07) is 18.2. The molecule has 3 aromatic rings. The lowest BCUT2D eigenvalue weighted by atomic mass is 10.0. The van der Waals surface area contributed by atoms with Crippen LogP contribution in [0.1, 0.15) is 18.2 Å². The summed E-state index contributed by atoms with van der Waals surface area (Å²) in [6.07, 6.45) is 0.969. The minimum Gasteiger partial charge on any atom is -0.445 e. The lowest BCUT2D eigenvalue weighted by Gasteiger charge is -2.00. The summed E-state index contributed by atoms with van der Waals surface area (Å²) in [5.41, 5.74) is 3.93. The molecule has 3 rings (SSSR count). The van der Waals surface area contributed by atoms with Crippen LogP contribution in [0.25, 0.3) is 22.1 Å². The van der Waals surface area contributed by atoms with Gasteiger partial charge in [0.1, 0.15) is 11.7 Å². The smallest absolute Gasteiger partial charge is 0.212 e. The van der Waals surface area contributed by atoms with Gasteiger partial charge < -0.3 is 4.42 Å². The fourth-order valence-electron chi connectivity index (χ4n) is 2.33. The molecule has 0 unspecified atom stereocenters. The summed E-state index contributed by atoms with van der Waals surface area (Å²) in [5, 5.41) is 10.3. The zero-order valence-electron chi connectivity index (χ0n) is 10.7. The molecule has 2 nitrogen and oxygen atoms in total. The molecule has 0 saturated heterocycles. The first-order valence-corrected chi connectivity index (χ1v) is 6.34. The number of fused-ring (bicyclic) bond motifs is 1. The molecule has 0 amide bonds. The molecule has 2 aromatic carbocycles. The van der Waals surface area contributed by atoms with Crippen LogP contribution < -0.4 is 0 Å². The van der Waals surface area contributed by atoms with E-state index in [0.717, 1.165) is 28.5 Å². The van der Waals surface area contributed by atoms with E-state index in [4.69, 9.17) is 4.42 Å². The zero-order chi connectivity index (χ0) is 13.2. The number of hydrogen-bond donors (Lipinski definition) is 0. The maximum atomic E-state index is 9.26. The monoisotopic (exact) mass is 247 g/mol. The van der Waals surface area contributed by atoms with Crippen molar-refractivity contribution >= 4 is 11.0 Å². The predicted octanol–water partition coefficient (Wildman–Crippen LogP) is 4.53. The first kappa shape index (κ1) is 11.6. The summed E-state index contributed by atoms with van der Waals surface area (Å²) < 4.78 is 5.64. The Labute approximate surface area is 111 Å². The summed E-state index contributed by atoms with van der Waals surface area (Å²) in [7, 11) is 0. The van der Waals surface area contributed by atoms with Gasteiger partial charge in [-0.15, -0.1) is 0 Å². The Morgan fingerprint density at radius 1 is 1.11 bits per heavy atom. The zero-order valence-corrected chi connectivity index (χ0v) is 10.7. The van der Waals surface area contributed by atoms with Gasteiger partial charge in [0.15, 0.2) is 0 Å². The average molecular weight is 247 g/mol. The Kier molecular flexibility index (Phi) is 2.81. The normalized spacial score (nSPS) is 10.5. The van der Waals surface area contributed by atoms with Crippen molar-refractivity contribution in [3.8, 4) is 17.2 Å². The molecular formula is C17H13NO. The van der Waals surface area contributed by atoms with Crippen LogP contribution in [0.2, 0.25) is 0 Å². The standard InChI is InChI=1S/C17H13NO/c1-2-12-8-9-15-14(10-12)17(16(11-18)19-15)13-6-4-3-5-7-13/h3-10H,2H2,1H3. The van der Waals surface area contributed by atoms with Gasteiger partial charge in [-0.25, -0.2) is 0 Å². The van der Waals surface area contributed by atoms with Gasteiger partial charge in [-0.3, -0.25) is 0 Å². The van der Waals surface area contributed by atoms with Gasteiger partial charge in [0.05, 0.1) is 0 Å². The summed E-state index contributed by atoms with van der Waals surface area (Å²) >= 11 is 0. The Balaban J connectivity index is 2.35. The van der Waals surface area contributed by atoms with E-state index >= 15 is 0 Å². The first-order chi connectivity index (χ1) is 9.33. The highest BCUT2D eigenvalue weighted by Gasteiger charge is 2.15. The SMILES string of the molecule is CCc1ccc2oc(C#N)c(-c3ccccc3)c2c1. The minimum atomic E-state index is 0.384. The maximum absolute atomic E-state index is 9.26. The molecular weight excluding hydrogens is 234 g/mol. The van der Waals surface area contributed by atoms with E-state index in [1.807, 2.05) is 42.5 Å². The molecule has 0 saturated carbocycles. The van der Waals surface area contributed by atoms with Crippen LogP contribution in [0, 0.1) is 11.3 Å². The summed E-state index contributed by atoms with van der Waals surface area (Å²) in [4.78, 5) is 0. The number of furan rings is 1. The molecule has 0 fully saturated rings. The molecule has 0 aliphatic heterocycles. The lowest BCUT2D eigenvalue weighted by Crippen LogP contribution is -1.81. The molecule has 0 radical (unpaired) electrons. The van der Waals surface area contributed by atoms with Crippen molar-refractivity contribution in [2.75, 3.05) is 0 Å². The number of aryl methyl sites for hydroxylation is 1. The highest BCUT2D eigenvalue weighted by atomic mass is 16.3. The molecule has 1 aromatic heterocycles. The van der Waals surface area contributed by atoms with Crippen molar-refractivity contribution in [1.29, 1.82) is 5.26 Å². The van der Waals surface area contributed by atoms with E-state index < -0.39 is 0 Å². The molecule has 0 atom stereocenters. The second kappa shape index (κ2) is 4.62. The second-order valence-corrected chi connectivity index (χ2v) is 4.47. The Morgan fingerprint density at radius 2 is 1.89 bits per heavy atom. The molecule has 1 heterocycles. The van der Waals surface area contributed by atoms with Gasteiger partial charge in [-0.1, -0.05) is 43.3 Å². The minimum absolute atomic E-state index is 0.384. The van der Waals surface area contributed by atoms with Crippen LogP contribution in [0.5, 0.6) is 0 Å². The number of nitrogens with zero attached hydrogens (tertiary/aromatic N) is 1. The summed E-state index contributed by atoms with van der Waals surface area (Å²) in [5.74, 6) is 0.384. The summed E-state index contributed by atoms with van der Waals surface area (Å²) in [6.45, 7) is 2.12. The molecule has 0 bridgehead atoms. The van der Waals surface area contributed by atoms with Crippen LogP contribution >= 0.6 is 0 Å². The fourth-order valence-corrected chi connectivity index (χ4v) is 2.33. The van der Waals surface area contributed by atoms with Crippen LogP contribution in [-0.4, -0.2) is 0 Å². The van der Waals surface area contributed by atoms with Gasteiger partial charge in [0.25, 0.3) is 0 Å². The molecule has 92 valence electrons. The first-order valence-electron chi connectivity index (χ1n) is 6.34. The van der Waals surface area contributed by atoms with Crippen molar-refractivity contribution in [3.05, 3.63) is 59.9 Å². The molecule has 0 aliphatic rings. The van der Waals surface area contributed by atoms with E-state index in [-0.39, 0.29) is 0 Å². The quantitative estimate of drug-likeness (QED) is 0.667. The van der Waals surface area contributed by atoms with Gasteiger partial charge in [0, 0.05) is 10.9 Å². The van der Waals surface area contributed by atoms with Gasteiger partial charge in [0.2, 0.25) is 5.76 Å². The van der Waals surface area contributed by atoms with Crippen molar-refractivity contribution in [2.45, 2.75) is 13.3 Å². The Bertz CT molecular complexity index is 763. The Hall–Kier alpha value is -2.53. The highest BCUT2D eigenvalue weighted by Crippen LogP contribution is 2.34. The van der Waals surface area contributed by atoms with Crippen LogP contribution in [0.3, 0.4) is 0 Å². The van der Waals surface area contributed by atoms with Crippen LogP contribution in [0.15, 0.2) is 52.9 Å².